The van der Waals surface area contributed by atoms with Gasteiger partial charge >= 0.3 is 0 Å². The third-order valence-electron chi connectivity index (χ3n) is 5.08. The molecule has 0 saturated carbocycles. The molecule has 3 rings (SSSR count). The Morgan fingerprint density at radius 2 is 1.73 bits per heavy atom. The summed E-state index contributed by atoms with van der Waals surface area (Å²) < 4.78 is 1.05. The Bertz CT molecular complexity index is 854. The van der Waals surface area contributed by atoms with Crippen LogP contribution in [0, 0.1) is 5.92 Å². The van der Waals surface area contributed by atoms with Crippen LogP contribution in [0.2, 0.25) is 0 Å². The second-order valence-corrected chi connectivity index (χ2v) is 8.80. The number of rotatable bonds is 6. The van der Waals surface area contributed by atoms with E-state index in [1.807, 2.05) is 44.2 Å². The number of nitrogens with one attached hydrogen (secondary N) is 1. The third-order valence-corrected chi connectivity index (χ3v) is 6.19. The number of nitrogens with zero attached hydrogens (tertiary/aromatic N) is 2. The van der Waals surface area contributed by atoms with E-state index in [4.69, 9.17) is 5.73 Å². The normalized spacial score (nSPS) is 15.1. The van der Waals surface area contributed by atoms with Crippen molar-refractivity contribution in [3.63, 3.8) is 0 Å². The summed E-state index contributed by atoms with van der Waals surface area (Å²) in [6.45, 7) is 5.90. The second kappa shape index (κ2) is 10.5. The number of amides is 3. The Labute approximate surface area is 182 Å². The topological polar surface area (TPSA) is 95.7 Å². The van der Waals surface area contributed by atoms with Gasteiger partial charge in [0.15, 0.2) is 0 Å². The predicted octanol–water partition coefficient (Wildman–Crippen LogP) is 2.31. The lowest BCUT2D eigenvalue weighted by Crippen LogP contribution is -2.56. The number of hydrogen-bond acceptors (Lipinski definition) is 5. The van der Waals surface area contributed by atoms with Crippen LogP contribution in [0.1, 0.15) is 37.4 Å². The first kappa shape index (κ1) is 23.8. The van der Waals surface area contributed by atoms with Crippen LogP contribution in [-0.2, 0) is 9.59 Å². The molecule has 0 spiro atoms. The zero-order valence-corrected chi connectivity index (χ0v) is 17.7. The van der Waals surface area contributed by atoms with Gasteiger partial charge in [-0.25, -0.2) is 0 Å². The largest absolute Gasteiger partial charge is 0.340 e. The van der Waals surface area contributed by atoms with Crippen molar-refractivity contribution in [2.45, 2.75) is 33.7 Å². The van der Waals surface area contributed by atoms with E-state index in [0.717, 1.165) is 10.1 Å². The first-order valence-electron chi connectivity index (χ1n) is 9.95. The van der Waals surface area contributed by atoms with Crippen LogP contribution in [0.4, 0.5) is 0 Å². The Morgan fingerprint density at radius 1 is 1.10 bits per heavy atom. The summed E-state index contributed by atoms with van der Waals surface area (Å²) in [6, 6.07) is 9.13. The lowest BCUT2D eigenvalue weighted by molar-refractivity contribution is -0.140. The first-order chi connectivity index (χ1) is 13.9. The van der Waals surface area contributed by atoms with Crippen molar-refractivity contribution in [1.82, 2.24) is 15.1 Å². The number of fused-ring (bicyclic) bond motifs is 1. The van der Waals surface area contributed by atoms with Crippen LogP contribution in [0.5, 0.6) is 0 Å². The summed E-state index contributed by atoms with van der Waals surface area (Å²) in [7, 11) is 0. The summed E-state index contributed by atoms with van der Waals surface area (Å²) >= 11 is 1.43. The molecule has 3 N–H and O–H groups in total. The minimum absolute atomic E-state index is 0. The highest BCUT2D eigenvalue weighted by molar-refractivity contribution is 7.20. The molecule has 1 aromatic heterocycles. The summed E-state index contributed by atoms with van der Waals surface area (Å²) in [5, 5.41) is 3.97. The van der Waals surface area contributed by atoms with E-state index < -0.39 is 6.04 Å². The van der Waals surface area contributed by atoms with E-state index in [1.165, 1.54) is 11.3 Å². The van der Waals surface area contributed by atoms with Gasteiger partial charge in [0.25, 0.3) is 5.91 Å². The van der Waals surface area contributed by atoms with Crippen molar-refractivity contribution in [2.75, 3.05) is 32.7 Å². The maximum absolute atomic E-state index is 13.1. The van der Waals surface area contributed by atoms with Crippen LogP contribution in [0.15, 0.2) is 30.3 Å². The van der Waals surface area contributed by atoms with Crippen molar-refractivity contribution >= 4 is 39.1 Å². The van der Waals surface area contributed by atoms with E-state index >= 15 is 0 Å². The second-order valence-electron chi connectivity index (χ2n) is 7.71. The van der Waals surface area contributed by atoms with Gasteiger partial charge in [-0.15, -0.1) is 11.3 Å². The van der Waals surface area contributed by atoms with E-state index in [0.29, 0.717) is 37.5 Å². The Hall–Kier alpha value is -2.45. The van der Waals surface area contributed by atoms with Crippen LogP contribution in [-0.4, -0.2) is 66.3 Å². The molecule has 1 fully saturated rings. The molecule has 7 nitrogen and oxygen atoms in total. The van der Waals surface area contributed by atoms with Crippen molar-refractivity contribution in [2.24, 2.45) is 11.7 Å². The summed E-state index contributed by atoms with van der Waals surface area (Å²) in [6.07, 6.45) is 0.567. The highest BCUT2D eigenvalue weighted by atomic mass is 32.1. The van der Waals surface area contributed by atoms with Gasteiger partial charge in [0.2, 0.25) is 11.8 Å². The molecule has 0 bridgehead atoms. The highest BCUT2D eigenvalue weighted by Crippen LogP contribution is 2.25. The van der Waals surface area contributed by atoms with E-state index in [2.05, 4.69) is 5.32 Å². The lowest BCUT2D eigenvalue weighted by atomic mass is 10.0. The fourth-order valence-corrected chi connectivity index (χ4v) is 4.51. The van der Waals surface area contributed by atoms with Crippen LogP contribution in [0.25, 0.3) is 10.1 Å². The smallest absolute Gasteiger partial charge is 0.262 e. The fourth-order valence-electron chi connectivity index (χ4n) is 3.54. The molecule has 0 aliphatic carbocycles. The van der Waals surface area contributed by atoms with Crippen LogP contribution >= 0.6 is 11.3 Å². The summed E-state index contributed by atoms with van der Waals surface area (Å²) in [5.41, 5.74) is 5.42. The number of hydrogen-bond donors (Lipinski definition) is 2. The van der Waals surface area contributed by atoms with E-state index in [9.17, 15) is 14.4 Å². The number of nitrogens with two attached hydrogens (primary N) is 1. The molecule has 3 amide bonds. The molecule has 1 aliphatic heterocycles. The number of thiophene rings is 1. The first-order valence-corrected chi connectivity index (χ1v) is 10.8. The molecule has 0 unspecified atom stereocenters. The van der Waals surface area contributed by atoms with Crippen LogP contribution < -0.4 is 11.1 Å². The number of piperazine rings is 1. The SMILES string of the molecule is C.CC(C)C[C@H](NC(=O)c1cc2ccccc2s1)C(=O)N1CCN(C(=O)CN)CC1. The predicted molar refractivity (Wildman–Crippen MR) is 121 cm³/mol. The molecule has 0 radical (unpaired) electrons. The van der Waals surface area contributed by atoms with Gasteiger partial charge in [0.1, 0.15) is 6.04 Å². The van der Waals surface area contributed by atoms with Gasteiger partial charge in [-0.2, -0.15) is 0 Å². The van der Waals surface area contributed by atoms with Gasteiger partial charge in [-0.05, 0) is 29.9 Å². The Balaban J connectivity index is 0.00000320. The minimum Gasteiger partial charge on any atom is -0.340 e. The molecular weight excluding hydrogens is 400 g/mol. The van der Waals surface area contributed by atoms with Gasteiger partial charge in [-0.3, -0.25) is 14.4 Å². The number of benzene rings is 1. The number of carbonyl (C=O) groups is 3. The van der Waals surface area contributed by atoms with Crippen molar-refractivity contribution in [1.29, 1.82) is 0 Å². The lowest BCUT2D eigenvalue weighted by Gasteiger charge is -2.36. The molecule has 1 saturated heterocycles. The van der Waals surface area contributed by atoms with Crippen molar-refractivity contribution in [3.8, 4) is 0 Å². The van der Waals surface area contributed by atoms with Crippen LogP contribution in [0.3, 0.4) is 0 Å². The zero-order valence-electron chi connectivity index (χ0n) is 16.9. The molecule has 8 heteroatoms. The monoisotopic (exact) mass is 432 g/mol. The van der Waals surface area contributed by atoms with Crippen molar-refractivity contribution in [3.05, 3.63) is 35.2 Å². The molecule has 2 aromatic rings. The van der Waals surface area contributed by atoms with Gasteiger partial charge in [-0.1, -0.05) is 39.5 Å². The zero-order chi connectivity index (χ0) is 21.0. The highest BCUT2D eigenvalue weighted by Gasteiger charge is 2.30. The van der Waals surface area contributed by atoms with E-state index in [-0.39, 0.29) is 37.6 Å². The average molecular weight is 433 g/mol. The van der Waals surface area contributed by atoms with Gasteiger partial charge < -0.3 is 20.9 Å². The maximum Gasteiger partial charge on any atom is 0.262 e. The molecule has 1 aromatic carbocycles. The molecule has 30 heavy (non-hydrogen) atoms. The maximum atomic E-state index is 13.1. The van der Waals surface area contributed by atoms with Gasteiger partial charge in [0, 0.05) is 30.9 Å². The molecule has 1 aliphatic rings. The third kappa shape index (κ3) is 5.58. The molecular formula is C22H32N4O3S. The quantitative estimate of drug-likeness (QED) is 0.732. The summed E-state index contributed by atoms with van der Waals surface area (Å²) in [5.74, 6) is -0.157. The molecule has 1 atom stereocenters. The number of carbonyl (C=O) groups excluding carboxylic acids is 3. The fraction of sp³-hybridized carbons (Fsp3) is 0.500. The molecule has 164 valence electrons. The average Bonchev–Trinajstić information content (AvgIpc) is 3.16. The van der Waals surface area contributed by atoms with Crippen molar-refractivity contribution < 1.29 is 14.4 Å². The Morgan fingerprint density at radius 3 is 2.33 bits per heavy atom. The summed E-state index contributed by atoms with van der Waals surface area (Å²) in [4.78, 5) is 41.7. The molecule has 2 heterocycles. The Kier molecular flexibility index (Phi) is 8.37. The van der Waals surface area contributed by atoms with E-state index in [1.54, 1.807) is 9.80 Å². The standard InChI is InChI=1S/C21H28N4O3S.CH4/c1-14(2)11-16(21(28)25-9-7-24(8-10-25)19(26)13-22)23-20(27)18-12-15-5-3-4-6-17(15)29-18;/h3-6,12,14,16H,7-11,13,22H2,1-2H3,(H,23,27);1H4/t16-;/m0./s1. The minimum atomic E-state index is -0.579. The van der Waals surface area contributed by atoms with Gasteiger partial charge in [0.05, 0.1) is 11.4 Å².